The molecule has 3 N–H and O–H groups in total. The standard InChI is InChI=1S/C15H25N3O/c1-5-11(2)14(16)15(19)17-10-12-6-8-13(9-7-12)18(3)4/h6-9,11,14H,5,10,16H2,1-4H3,(H,17,19). The molecule has 0 radical (unpaired) electrons. The van der Waals surface area contributed by atoms with Crippen LogP contribution in [0.25, 0.3) is 0 Å². The van der Waals surface area contributed by atoms with E-state index in [4.69, 9.17) is 5.73 Å². The largest absolute Gasteiger partial charge is 0.378 e. The maximum absolute atomic E-state index is 11.8. The number of anilines is 1. The molecular formula is C15H25N3O. The van der Waals surface area contributed by atoms with E-state index in [1.807, 2.05) is 57.1 Å². The first-order chi connectivity index (χ1) is 8.95. The number of benzene rings is 1. The minimum atomic E-state index is -0.425. The monoisotopic (exact) mass is 263 g/mol. The first-order valence-electron chi connectivity index (χ1n) is 6.75. The Bertz CT molecular complexity index is 400. The number of nitrogens with zero attached hydrogens (tertiary/aromatic N) is 1. The topological polar surface area (TPSA) is 58.4 Å². The zero-order valence-electron chi connectivity index (χ0n) is 12.3. The average Bonchev–Trinajstić information content (AvgIpc) is 2.43. The van der Waals surface area contributed by atoms with Gasteiger partial charge < -0.3 is 16.0 Å². The Balaban J connectivity index is 2.50. The van der Waals surface area contributed by atoms with Gasteiger partial charge in [-0.2, -0.15) is 0 Å². The Morgan fingerprint density at radius 3 is 2.37 bits per heavy atom. The second-order valence-electron chi connectivity index (χ2n) is 5.19. The van der Waals surface area contributed by atoms with Crippen LogP contribution in [0.5, 0.6) is 0 Å². The van der Waals surface area contributed by atoms with Crippen molar-refractivity contribution < 1.29 is 4.79 Å². The van der Waals surface area contributed by atoms with E-state index in [0.717, 1.165) is 17.7 Å². The Hall–Kier alpha value is -1.55. The highest BCUT2D eigenvalue weighted by atomic mass is 16.2. The molecule has 0 saturated carbocycles. The summed E-state index contributed by atoms with van der Waals surface area (Å²) < 4.78 is 0. The average molecular weight is 263 g/mol. The predicted octanol–water partition coefficient (Wildman–Crippen LogP) is 1.74. The van der Waals surface area contributed by atoms with E-state index in [-0.39, 0.29) is 11.8 Å². The Labute approximate surface area is 116 Å². The van der Waals surface area contributed by atoms with E-state index >= 15 is 0 Å². The summed E-state index contributed by atoms with van der Waals surface area (Å²) in [5, 5.41) is 2.89. The molecule has 1 amide bonds. The molecule has 1 rings (SSSR count). The Morgan fingerprint density at radius 2 is 1.89 bits per heavy atom. The summed E-state index contributed by atoms with van der Waals surface area (Å²) in [6.07, 6.45) is 0.909. The first kappa shape index (κ1) is 15.5. The minimum Gasteiger partial charge on any atom is -0.378 e. The number of rotatable bonds is 6. The molecule has 0 bridgehead atoms. The molecule has 0 heterocycles. The lowest BCUT2D eigenvalue weighted by Crippen LogP contribution is -2.44. The van der Waals surface area contributed by atoms with Gasteiger partial charge in [-0.25, -0.2) is 0 Å². The van der Waals surface area contributed by atoms with Gasteiger partial charge in [-0.1, -0.05) is 32.4 Å². The zero-order valence-corrected chi connectivity index (χ0v) is 12.3. The van der Waals surface area contributed by atoms with Crippen LogP contribution in [0.1, 0.15) is 25.8 Å². The highest BCUT2D eigenvalue weighted by molar-refractivity contribution is 5.81. The fraction of sp³-hybridized carbons (Fsp3) is 0.533. The van der Waals surface area contributed by atoms with E-state index in [1.54, 1.807) is 0 Å². The third kappa shape index (κ3) is 4.56. The first-order valence-corrected chi connectivity index (χ1v) is 6.75. The van der Waals surface area contributed by atoms with Crippen molar-refractivity contribution in [2.75, 3.05) is 19.0 Å². The van der Waals surface area contributed by atoms with Gasteiger partial charge in [0.2, 0.25) is 5.91 Å². The van der Waals surface area contributed by atoms with Crippen molar-refractivity contribution in [3.05, 3.63) is 29.8 Å². The van der Waals surface area contributed by atoms with Gasteiger partial charge in [-0.15, -0.1) is 0 Å². The third-order valence-corrected chi connectivity index (χ3v) is 3.48. The van der Waals surface area contributed by atoms with E-state index < -0.39 is 6.04 Å². The van der Waals surface area contributed by atoms with Crippen LogP contribution >= 0.6 is 0 Å². The zero-order chi connectivity index (χ0) is 14.4. The van der Waals surface area contributed by atoms with Gasteiger partial charge in [0.25, 0.3) is 0 Å². The number of amides is 1. The van der Waals surface area contributed by atoms with Crippen LogP contribution < -0.4 is 16.0 Å². The summed E-state index contributed by atoms with van der Waals surface area (Å²) in [7, 11) is 4.00. The van der Waals surface area contributed by atoms with Gasteiger partial charge in [0.05, 0.1) is 6.04 Å². The SMILES string of the molecule is CCC(C)C(N)C(=O)NCc1ccc(N(C)C)cc1. The van der Waals surface area contributed by atoms with Crippen LogP contribution in [-0.4, -0.2) is 26.0 Å². The van der Waals surface area contributed by atoms with E-state index in [0.29, 0.717) is 6.54 Å². The molecule has 19 heavy (non-hydrogen) atoms. The fourth-order valence-electron chi connectivity index (χ4n) is 1.73. The van der Waals surface area contributed by atoms with Gasteiger partial charge in [0.1, 0.15) is 0 Å². The molecule has 0 spiro atoms. The summed E-state index contributed by atoms with van der Waals surface area (Å²) in [4.78, 5) is 13.9. The van der Waals surface area contributed by atoms with Crippen molar-refractivity contribution in [2.45, 2.75) is 32.9 Å². The highest BCUT2D eigenvalue weighted by Crippen LogP contribution is 2.12. The highest BCUT2D eigenvalue weighted by Gasteiger charge is 2.18. The van der Waals surface area contributed by atoms with Gasteiger partial charge in [-0.05, 0) is 23.6 Å². The smallest absolute Gasteiger partial charge is 0.237 e. The van der Waals surface area contributed by atoms with Crippen LogP contribution in [-0.2, 0) is 11.3 Å². The summed E-state index contributed by atoms with van der Waals surface area (Å²) in [5.41, 5.74) is 8.10. The molecule has 4 heteroatoms. The second kappa shape index (κ2) is 7.14. The summed E-state index contributed by atoms with van der Waals surface area (Å²) in [6.45, 7) is 4.56. The summed E-state index contributed by atoms with van der Waals surface area (Å²) in [6, 6.07) is 7.69. The van der Waals surface area contributed by atoms with Gasteiger partial charge >= 0.3 is 0 Å². The van der Waals surface area contributed by atoms with Gasteiger partial charge in [0.15, 0.2) is 0 Å². The van der Waals surface area contributed by atoms with Gasteiger partial charge in [0, 0.05) is 26.3 Å². The number of hydrogen-bond donors (Lipinski definition) is 2. The lowest BCUT2D eigenvalue weighted by molar-refractivity contribution is -0.123. The minimum absolute atomic E-state index is 0.0777. The van der Waals surface area contributed by atoms with Gasteiger partial charge in [-0.3, -0.25) is 4.79 Å². The fourth-order valence-corrected chi connectivity index (χ4v) is 1.73. The molecule has 0 aliphatic heterocycles. The van der Waals surface area contributed by atoms with Crippen molar-refractivity contribution in [3.8, 4) is 0 Å². The van der Waals surface area contributed by atoms with Crippen LogP contribution in [0.15, 0.2) is 24.3 Å². The van der Waals surface area contributed by atoms with Crippen molar-refractivity contribution in [2.24, 2.45) is 11.7 Å². The van der Waals surface area contributed by atoms with Crippen LogP contribution in [0.4, 0.5) is 5.69 Å². The molecule has 0 fully saturated rings. The maximum atomic E-state index is 11.8. The number of carbonyl (C=O) groups is 1. The molecule has 106 valence electrons. The van der Waals surface area contributed by atoms with E-state index in [2.05, 4.69) is 5.32 Å². The molecule has 2 unspecified atom stereocenters. The number of nitrogens with one attached hydrogen (secondary N) is 1. The lowest BCUT2D eigenvalue weighted by atomic mass is 9.99. The molecule has 0 aliphatic rings. The third-order valence-electron chi connectivity index (χ3n) is 3.48. The number of carbonyl (C=O) groups excluding carboxylic acids is 1. The molecule has 0 aliphatic carbocycles. The molecule has 0 aromatic heterocycles. The van der Waals surface area contributed by atoms with E-state index in [1.165, 1.54) is 0 Å². The predicted molar refractivity (Wildman–Crippen MR) is 80.0 cm³/mol. The maximum Gasteiger partial charge on any atom is 0.237 e. The lowest BCUT2D eigenvalue weighted by Gasteiger charge is -2.18. The van der Waals surface area contributed by atoms with Crippen molar-refractivity contribution >= 4 is 11.6 Å². The molecular weight excluding hydrogens is 238 g/mol. The van der Waals surface area contributed by atoms with Crippen LogP contribution in [0, 0.1) is 5.92 Å². The molecule has 0 saturated heterocycles. The Morgan fingerprint density at radius 1 is 1.32 bits per heavy atom. The molecule has 1 aromatic rings. The summed E-state index contributed by atoms with van der Waals surface area (Å²) in [5.74, 6) is 0.127. The van der Waals surface area contributed by atoms with Crippen molar-refractivity contribution in [1.82, 2.24) is 5.32 Å². The van der Waals surface area contributed by atoms with Crippen molar-refractivity contribution in [3.63, 3.8) is 0 Å². The Kier molecular flexibility index (Phi) is 5.83. The summed E-state index contributed by atoms with van der Waals surface area (Å²) >= 11 is 0. The molecule has 1 aromatic carbocycles. The van der Waals surface area contributed by atoms with Crippen LogP contribution in [0.2, 0.25) is 0 Å². The van der Waals surface area contributed by atoms with E-state index in [9.17, 15) is 4.79 Å². The second-order valence-corrected chi connectivity index (χ2v) is 5.19. The molecule has 2 atom stereocenters. The number of hydrogen-bond acceptors (Lipinski definition) is 3. The molecule has 4 nitrogen and oxygen atoms in total. The van der Waals surface area contributed by atoms with Crippen LogP contribution in [0.3, 0.4) is 0 Å². The number of nitrogens with two attached hydrogens (primary N) is 1. The normalized spacial score (nSPS) is 13.7. The quantitative estimate of drug-likeness (QED) is 0.822. The van der Waals surface area contributed by atoms with Crippen molar-refractivity contribution in [1.29, 1.82) is 0 Å².